The Bertz CT molecular complexity index is 442. The van der Waals surface area contributed by atoms with Crippen LogP contribution in [0.1, 0.15) is 47.2 Å². The second kappa shape index (κ2) is 6.05. The minimum atomic E-state index is 0.268. The smallest absolute Gasteiger partial charge is 0.0544 e. The van der Waals surface area contributed by atoms with E-state index in [1.165, 1.54) is 5.69 Å². The number of pyridine rings is 1. The van der Waals surface area contributed by atoms with E-state index in [-0.39, 0.29) is 10.8 Å². The highest BCUT2D eigenvalue weighted by molar-refractivity contribution is 5.05. The Morgan fingerprint density at radius 1 is 1.14 bits per heavy atom. The van der Waals surface area contributed by atoms with Crippen LogP contribution >= 0.6 is 0 Å². The van der Waals surface area contributed by atoms with Crippen LogP contribution in [0.2, 0.25) is 0 Å². The summed E-state index contributed by atoms with van der Waals surface area (Å²) in [6.45, 7) is 17.0. The van der Waals surface area contributed by atoms with E-state index in [4.69, 9.17) is 0 Å². The second-order valence-electron chi connectivity index (χ2n) is 8.46. The van der Waals surface area contributed by atoms with Crippen molar-refractivity contribution in [2.45, 2.75) is 60.2 Å². The molecule has 1 N–H and O–H groups in total. The summed E-state index contributed by atoms with van der Waals surface area (Å²) in [6.07, 6.45) is 1.89. The third-order valence-corrected chi connectivity index (χ3v) is 4.55. The molecule has 0 aliphatic carbocycles. The molecule has 1 aliphatic rings. The normalized spacial score (nSPS) is 25.0. The van der Waals surface area contributed by atoms with Gasteiger partial charge in [0.2, 0.25) is 0 Å². The molecule has 1 fully saturated rings. The molecule has 0 bridgehead atoms. The van der Waals surface area contributed by atoms with E-state index in [1.807, 2.05) is 12.3 Å². The quantitative estimate of drug-likeness (QED) is 0.905. The summed E-state index contributed by atoms with van der Waals surface area (Å²) in [5, 5.41) is 3.77. The largest absolute Gasteiger partial charge is 0.311 e. The Kier molecular flexibility index (Phi) is 4.74. The maximum atomic E-state index is 4.51. The monoisotopic (exact) mass is 289 g/mol. The van der Waals surface area contributed by atoms with Gasteiger partial charge in [-0.2, -0.15) is 0 Å². The number of hydrogen-bond acceptors (Lipinski definition) is 3. The average Bonchev–Trinajstić information content (AvgIpc) is 2.37. The molecule has 2 rings (SSSR count). The van der Waals surface area contributed by atoms with Gasteiger partial charge in [0.15, 0.2) is 0 Å². The fraction of sp³-hybridized carbons (Fsp3) is 0.722. The number of nitrogens with zero attached hydrogens (tertiary/aromatic N) is 2. The lowest BCUT2D eigenvalue weighted by atomic mass is 9.79. The molecule has 2 heterocycles. The van der Waals surface area contributed by atoms with Crippen LogP contribution in [0.3, 0.4) is 0 Å². The minimum absolute atomic E-state index is 0.268. The molecule has 1 aliphatic heterocycles. The van der Waals surface area contributed by atoms with Gasteiger partial charge in [0.25, 0.3) is 0 Å². The molecule has 3 nitrogen and oxygen atoms in total. The van der Waals surface area contributed by atoms with Gasteiger partial charge in [0.05, 0.1) is 5.69 Å². The summed E-state index contributed by atoms with van der Waals surface area (Å²) in [7, 11) is 0. The molecule has 1 aromatic rings. The van der Waals surface area contributed by atoms with Gasteiger partial charge in [0, 0.05) is 37.9 Å². The summed E-state index contributed by atoms with van der Waals surface area (Å²) < 4.78 is 0. The van der Waals surface area contributed by atoms with Crippen molar-refractivity contribution >= 4 is 0 Å². The summed E-state index contributed by atoms with van der Waals surface area (Å²) in [5.74, 6) is 0. The first kappa shape index (κ1) is 16.4. The summed E-state index contributed by atoms with van der Waals surface area (Å²) in [4.78, 5) is 7.13. The number of nitrogens with one attached hydrogen (secondary N) is 1. The fourth-order valence-corrected chi connectivity index (χ4v) is 3.12. The molecule has 0 aromatic carbocycles. The van der Waals surface area contributed by atoms with Gasteiger partial charge in [-0.05, 0) is 23.0 Å². The highest BCUT2D eigenvalue weighted by Gasteiger charge is 2.38. The first-order valence-corrected chi connectivity index (χ1v) is 8.05. The molecular weight excluding hydrogens is 258 g/mol. The zero-order chi connectivity index (χ0) is 15.7. The lowest BCUT2D eigenvalue weighted by molar-refractivity contribution is 0.0240. The second-order valence-corrected chi connectivity index (χ2v) is 8.46. The summed E-state index contributed by atoms with van der Waals surface area (Å²) >= 11 is 0. The van der Waals surface area contributed by atoms with Crippen molar-refractivity contribution < 1.29 is 0 Å². The van der Waals surface area contributed by atoms with E-state index in [9.17, 15) is 0 Å². The van der Waals surface area contributed by atoms with Gasteiger partial charge < -0.3 is 5.32 Å². The van der Waals surface area contributed by atoms with E-state index < -0.39 is 0 Å². The topological polar surface area (TPSA) is 28.2 Å². The number of aromatic nitrogens is 1. The predicted octanol–water partition coefficient (Wildman–Crippen LogP) is 3.32. The molecule has 21 heavy (non-hydrogen) atoms. The Morgan fingerprint density at radius 2 is 1.86 bits per heavy atom. The molecule has 0 saturated carbocycles. The number of piperazine rings is 1. The summed E-state index contributed by atoms with van der Waals surface area (Å²) in [5.41, 5.74) is 1.72. The average molecular weight is 289 g/mol. The summed E-state index contributed by atoms with van der Waals surface area (Å²) in [6, 6.07) is 7.27. The molecule has 0 spiro atoms. The number of hydrogen-bond donors (Lipinski definition) is 1. The molecule has 1 saturated heterocycles. The van der Waals surface area contributed by atoms with Gasteiger partial charge >= 0.3 is 0 Å². The van der Waals surface area contributed by atoms with Gasteiger partial charge in [-0.25, -0.2) is 0 Å². The Labute approximate surface area is 130 Å². The van der Waals surface area contributed by atoms with Crippen molar-refractivity contribution in [2.75, 3.05) is 13.1 Å². The zero-order valence-corrected chi connectivity index (χ0v) is 14.5. The Balaban J connectivity index is 2.17. The lowest BCUT2D eigenvalue weighted by Gasteiger charge is -2.49. The Hall–Kier alpha value is -0.930. The van der Waals surface area contributed by atoms with E-state index in [0.717, 1.165) is 19.6 Å². The van der Waals surface area contributed by atoms with Crippen LogP contribution in [-0.2, 0) is 6.54 Å². The van der Waals surface area contributed by atoms with Gasteiger partial charge in [-0.15, -0.1) is 0 Å². The van der Waals surface area contributed by atoms with Crippen LogP contribution in [0.5, 0.6) is 0 Å². The van der Waals surface area contributed by atoms with E-state index in [2.05, 4.69) is 68.9 Å². The zero-order valence-electron chi connectivity index (χ0n) is 14.5. The molecule has 3 heteroatoms. The van der Waals surface area contributed by atoms with Crippen LogP contribution in [-0.4, -0.2) is 35.1 Å². The first-order chi connectivity index (χ1) is 9.68. The third-order valence-electron chi connectivity index (χ3n) is 4.55. The number of rotatable bonds is 2. The van der Waals surface area contributed by atoms with Gasteiger partial charge in [-0.3, -0.25) is 9.88 Å². The molecule has 1 aromatic heterocycles. The van der Waals surface area contributed by atoms with E-state index in [0.29, 0.717) is 12.1 Å². The molecular formula is C18H31N3. The highest BCUT2D eigenvalue weighted by atomic mass is 15.2. The third kappa shape index (κ3) is 4.27. The van der Waals surface area contributed by atoms with Crippen LogP contribution < -0.4 is 5.32 Å². The van der Waals surface area contributed by atoms with E-state index in [1.54, 1.807) is 0 Å². The van der Waals surface area contributed by atoms with Crippen LogP contribution in [0.4, 0.5) is 0 Å². The molecule has 0 amide bonds. The minimum Gasteiger partial charge on any atom is -0.311 e. The van der Waals surface area contributed by atoms with Crippen LogP contribution in [0.25, 0.3) is 0 Å². The van der Waals surface area contributed by atoms with Crippen molar-refractivity contribution in [3.05, 3.63) is 30.1 Å². The standard InChI is InChI=1S/C18H31N3/c1-17(2,3)15-13-21(12-14-9-7-8-10-19-14)16(11-20-15)18(4,5)6/h7-10,15-16,20H,11-13H2,1-6H3. The van der Waals surface area contributed by atoms with Crippen molar-refractivity contribution in [3.8, 4) is 0 Å². The molecule has 118 valence electrons. The van der Waals surface area contributed by atoms with Crippen LogP contribution in [0.15, 0.2) is 24.4 Å². The van der Waals surface area contributed by atoms with Crippen molar-refractivity contribution in [1.29, 1.82) is 0 Å². The lowest BCUT2D eigenvalue weighted by Crippen LogP contribution is -2.63. The Morgan fingerprint density at radius 3 is 2.38 bits per heavy atom. The van der Waals surface area contributed by atoms with Gasteiger partial charge in [0.1, 0.15) is 0 Å². The van der Waals surface area contributed by atoms with Crippen molar-refractivity contribution in [3.63, 3.8) is 0 Å². The first-order valence-electron chi connectivity index (χ1n) is 8.05. The van der Waals surface area contributed by atoms with Gasteiger partial charge in [-0.1, -0.05) is 47.6 Å². The molecule has 0 radical (unpaired) electrons. The SMILES string of the molecule is CC(C)(C)C1CN(Cc2ccccn2)C(C(C)(C)C)CN1. The highest BCUT2D eigenvalue weighted by Crippen LogP contribution is 2.31. The fourth-order valence-electron chi connectivity index (χ4n) is 3.12. The van der Waals surface area contributed by atoms with Crippen molar-refractivity contribution in [1.82, 2.24) is 15.2 Å². The van der Waals surface area contributed by atoms with Crippen LogP contribution in [0, 0.1) is 10.8 Å². The molecule has 2 unspecified atom stereocenters. The maximum Gasteiger partial charge on any atom is 0.0544 e. The predicted molar refractivity (Wildman–Crippen MR) is 89.1 cm³/mol. The van der Waals surface area contributed by atoms with Crippen molar-refractivity contribution in [2.24, 2.45) is 10.8 Å². The molecule has 2 atom stereocenters. The van der Waals surface area contributed by atoms with E-state index >= 15 is 0 Å². The maximum absolute atomic E-state index is 4.51.